The summed E-state index contributed by atoms with van der Waals surface area (Å²) >= 11 is 0.667. The van der Waals surface area contributed by atoms with Crippen molar-refractivity contribution < 1.29 is 37.8 Å². The number of methoxy groups -OCH3 is 2. The molecule has 34 heavy (non-hydrogen) atoms. The summed E-state index contributed by atoms with van der Waals surface area (Å²) in [4.78, 5) is 50.1. The van der Waals surface area contributed by atoms with Crippen molar-refractivity contribution >= 4 is 46.5 Å². The topological polar surface area (TPSA) is 111 Å². The number of halogens is 1. The largest absolute Gasteiger partial charge is 0.493 e. The van der Waals surface area contributed by atoms with E-state index in [1.54, 1.807) is 18.2 Å². The molecule has 1 atom stereocenters. The molecule has 1 N–H and O–H groups in total. The summed E-state index contributed by atoms with van der Waals surface area (Å²) in [5.41, 5.74) is 0.772. The summed E-state index contributed by atoms with van der Waals surface area (Å²) < 4.78 is 28.6. The molecule has 178 valence electrons. The van der Waals surface area contributed by atoms with E-state index < -0.39 is 41.5 Å². The van der Waals surface area contributed by atoms with E-state index >= 15 is 0 Å². The Balaban J connectivity index is 1.80. The summed E-state index contributed by atoms with van der Waals surface area (Å²) in [7, 11) is 2.58. The summed E-state index contributed by atoms with van der Waals surface area (Å²) in [5.74, 6) is -1.84. The van der Waals surface area contributed by atoms with Gasteiger partial charge in [-0.25, -0.2) is 9.18 Å². The van der Waals surface area contributed by atoms with Crippen molar-refractivity contribution in [1.29, 1.82) is 0 Å². The molecule has 2 aromatic rings. The SMILES string of the molecule is COC(=O)[C@@H](C)N1C(=O)S/C(=C/c2cccc(OC)c2OCC(=O)Nc2ccc(F)cc2)C1=O. The molecule has 0 aliphatic carbocycles. The van der Waals surface area contributed by atoms with Gasteiger partial charge in [0.25, 0.3) is 17.1 Å². The third-order valence-corrected chi connectivity index (χ3v) is 5.63. The van der Waals surface area contributed by atoms with Gasteiger partial charge in [0.05, 0.1) is 19.1 Å². The minimum absolute atomic E-state index is 0.0645. The van der Waals surface area contributed by atoms with Crippen LogP contribution in [0, 0.1) is 5.82 Å². The molecule has 3 amide bonds. The normalized spacial score (nSPS) is 15.3. The fourth-order valence-electron chi connectivity index (χ4n) is 3.06. The second-order valence-corrected chi connectivity index (χ2v) is 7.97. The predicted molar refractivity (Wildman–Crippen MR) is 123 cm³/mol. The summed E-state index contributed by atoms with van der Waals surface area (Å²) in [6.45, 7) is 0.990. The number of hydrogen-bond donors (Lipinski definition) is 1. The highest BCUT2D eigenvalue weighted by Gasteiger charge is 2.41. The Labute approximate surface area is 198 Å². The minimum atomic E-state index is -1.08. The van der Waals surface area contributed by atoms with Crippen LogP contribution in [-0.4, -0.2) is 54.8 Å². The molecule has 3 rings (SSSR count). The fraction of sp³-hybridized carbons (Fsp3) is 0.217. The molecule has 1 saturated heterocycles. The fourth-order valence-corrected chi connectivity index (χ4v) is 3.96. The maximum Gasteiger partial charge on any atom is 0.328 e. The van der Waals surface area contributed by atoms with Crippen molar-refractivity contribution in [1.82, 2.24) is 4.90 Å². The van der Waals surface area contributed by atoms with Crippen molar-refractivity contribution in [2.45, 2.75) is 13.0 Å². The first-order valence-electron chi connectivity index (χ1n) is 9.95. The molecular weight excluding hydrogens is 467 g/mol. The quantitative estimate of drug-likeness (QED) is 0.444. The smallest absolute Gasteiger partial charge is 0.328 e. The van der Waals surface area contributed by atoms with E-state index in [-0.39, 0.29) is 10.7 Å². The number of benzene rings is 2. The molecule has 1 heterocycles. The van der Waals surface area contributed by atoms with Gasteiger partial charge in [-0.3, -0.25) is 19.3 Å². The molecule has 0 radical (unpaired) electrons. The molecule has 0 spiro atoms. The lowest BCUT2D eigenvalue weighted by molar-refractivity contribution is -0.148. The lowest BCUT2D eigenvalue weighted by Crippen LogP contribution is -2.42. The lowest BCUT2D eigenvalue weighted by atomic mass is 10.1. The number of carbonyl (C=O) groups excluding carboxylic acids is 4. The molecule has 1 aliphatic heterocycles. The van der Waals surface area contributed by atoms with Crippen LogP contribution in [0.25, 0.3) is 6.08 Å². The number of carbonyl (C=O) groups is 4. The second-order valence-electron chi connectivity index (χ2n) is 6.97. The maximum absolute atomic E-state index is 13.0. The third-order valence-electron chi connectivity index (χ3n) is 4.74. The van der Waals surface area contributed by atoms with E-state index in [0.29, 0.717) is 28.8 Å². The number of nitrogens with zero attached hydrogens (tertiary/aromatic N) is 1. The van der Waals surface area contributed by atoms with Crippen molar-refractivity contribution in [2.24, 2.45) is 0 Å². The van der Waals surface area contributed by atoms with Gasteiger partial charge in [-0.1, -0.05) is 12.1 Å². The van der Waals surface area contributed by atoms with E-state index in [1.165, 1.54) is 51.5 Å². The van der Waals surface area contributed by atoms with Gasteiger partial charge in [0, 0.05) is 11.3 Å². The molecule has 0 aromatic heterocycles. The van der Waals surface area contributed by atoms with Crippen LogP contribution in [0.4, 0.5) is 14.9 Å². The number of anilines is 1. The number of para-hydroxylation sites is 1. The van der Waals surface area contributed by atoms with Gasteiger partial charge in [-0.2, -0.15) is 0 Å². The van der Waals surface area contributed by atoms with Gasteiger partial charge < -0.3 is 19.5 Å². The Bertz CT molecular complexity index is 1150. The van der Waals surface area contributed by atoms with E-state index in [9.17, 15) is 23.6 Å². The molecule has 0 bridgehead atoms. The van der Waals surface area contributed by atoms with Crippen LogP contribution in [-0.2, 0) is 19.1 Å². The van der Waals surface area contributed by atoms with Gasteiger partial charge >= 0.3 is 5.97 Å². The van der Waals surface area contributed by atoms with E-state index in [0.717, 1.165) is 4.90 Å². The number of esters is 1. The Morgan fingerprint density at radius 2 is 1.85 bits per heavy atom. The summed E-state index contributed by atoms with van der Waals surface area (Å²) in [5, 5.41) is 1.96. The summed E-state index contributed by atoms with van der Waals surface area (Å²) in [6, 6.07) is 9.03. The van der Waals surface area contributed by atoms with Crippen molar-refractivity contribution in [3.05, 3.63) is 58.8 Å². The van der Waals surface area contributed by atoms with Gasteiger partial charge in [-0.05, 0) is 55.1 Å². The van der Waals surface area contributed by atoms with Gasteiger partial charge in [0.15, 0.2) is 18.1 Å². The molecule has 1 fully saturated rings. The number of ether oxygens (including phenoxy) is 3. The average molecular weight is 488 g/mol. The van der Waals surface area contributed by atoms with Crippen LogP contribution in [0.1, 0.15) is 12.5 Å². The number of thioether (sulfide) groups is 1. The first-order valence-corrected chi connectivity index (χ1v) is 10.8. The summed E-state index contributed by atoms with van der Waals surface area (Å²) in [6.07, 6.45) is 1.42. The standard InChI is InChI=1S/C23H21FN2O7S/c1-13(22(29)32-3)26-21(28)18(34-23(26)30)11-14-5-4-6-17(31-2)20(14)33-12-19(27)25-16-9-7-15(24)8-10-16/h4-11,13H,12H2,1-3H3,(H,25,27)/b18-11+/t13-/m1/s1. The molecular formula is C23H21FN2O7S. The number of hydrogen-bond acceptors (Lipinski definition) is 8. The number of imide groups is 1. The van der Waals surface area contributed by atoms with Crippen molar-refractivity contribution in [3.63, 3.8) is 0 Å². The number of nitrogens with one attached hydrogen (secondary N) is 1. The first kappa shape index (κ1) is 24.8. The maximum atomic E-state index is 13.0. The van der Waals surface area contributed by atoms with Crippen LogP contribution >= 0.6 is 11.8 Å². The molecule has 11 heteroatoms. The number of amides is 3. The first-order chi connectivity index (χ1) is 16.2. The zero-order chi connectivity index (χ0) is 24.8. The molecule has 2 aromatic carbocycles. The monoisotopic (exact) mass is 488 g/mol. The zero-order valence-corrected chi connectivity index (χ0v) is 19.3. The Morgan fingerprint density at radius 3 is 2.50 bits per heavy atom. The van der Waals surface area contributed by atoms with Crippen LogP contribution in [0.15, 0.2) is 47.4 Å². The highest BCUT2D eigenvalue weighted by molar-refractivity contribution is 8.18. The van der Waals surface area contributed by atoms with Crippen LogP contribution in [0.5, 0.6) is 11.5 Å². The van der Waals surface area contributed by atoms with E-state index in [2.05, 4.69) is 10.1 Å². The van der Waals surface area contributed by atoms with Crippen molar-refractivity contribution in [2.75, 3.05) is 26.1 Å². The third kappa shape index (κ3) is 5.54. The highest BCUT2D eigenvalue weighted by atomic mass is 32.2. The van der Waals surface area contributed by atoms with Gasteiger partial charge in [0.1, 0.15) is 11.9 Å². The number of rotatable bonds is 8. The van der Waals surface area contributed by atoms with Crippen LogP contribution in [0.3, 0.4) is 0 Å². The molecule has 1 aliphatic rings. The Kier molecular flexibility index (Phi) is 7.90. The van der Waals surface area contributed by atoms with E-state index in [4.69, 9.17) is 9.47 Å². The second kappa shape index (κ2) is 10.8. The van der Waals surface area contributed by atoms with Crippen LogP contribution < -0.4 is 14.8 Å². The molecule has 0 unspecified atom stereocenters. The lowest BCUT2D eigenvalue weighted by Gasteiger charge is -2.18. The molecule has 9 nitrogen and oxygen atoms in total. The van der Waals surface area contributed by atoms with Crippen molar-refractivity contribution in [3.8, 4) is 11.5 Å². The van der Waals surface area contributed by atoms with Gasteiger partial charge in [0.2, 0.25) is 0 Å². The van der Waals surface area contributed by atoms with E-state index in [1.807, 2.05) is 0 Å². The average Bonchev–Trinajstić information content (AvgIpc) is 3.10. The highest BCUT2D eigenvalue weighted by Crippen LogP contribution is 2.38. The predicted octanol–water partition coefficient (Wildman–Crippen LogP) is 3.45. The Hall–Kier alpha value is -3.86. The van der Waals surface area contributed by atoms with Gasteiger partial charge in [-0.15, -0.1) is 0 Å². The molecule has 0 saturated carbocycles. The zero-order valence-electron chi connectivity index (χ0n) is 18.5. The van der Waals surface area contributed by atoms with Crippen LogP contribution in [0.2, 0.25) is 0 Å². The Morgan fingerprint density at radius 1 is 1.15 bits per heavy atom. The minimum Gasteiger partial charge on any atom is -0.493 e.